The highest BCUT2D eigenvalue weighted by Crippen LogP contribution is 2.32. The molecule has 0 bridgehead atoms. The van der Waals surface area contributed by atoms with Crippen LogP contribution in [0.2, 0.25) is 0 Å². The highest BCUT2D eigenvalue weighted by atomic mass is 19.1. The third kappa shape index (κ3) is 5.77. The van der Waals surface area contributed by atoms with Crippen LogP contribution in [0.3, 0.4) is 0 Å². The molecule has 1 aliphatic heterocycles. The fourth-order valence-corrected chi connectivity index (χ4v) is 4.90. The molecule has 0 fully saturated rings. The maximum Gasteiger partial charge on any atom is 0.326 e. The van der Waals surface area contributed by atoms with Crippen LogP contribution >= 0.6 is 0 Å². The summed E-state index contributed by atoms with van der Waals surface area (Å²) in [4.78, 5) is 38.8. The van der Waals surface area contributed by atoms with Crippen molar-refractivity contribution < 1.29 is 23.9 Å². The molecule has 0 aliphatic carbocycles. The zero-order chi connectivity index (χ0) is 27.4. The standard InChI is InChI=1S/C31H33FN2O4/c1-4-5-6-7-20-8-10-21(11-9-20)29(35)33-27-15-14-23(17-26(27)32)22-12-13-24-18-34(30(36)25(24)16-22)28(19(2)3)31(37)38/h8-17,19,28H,4-7,18H2,1-3H3,(H,33,35)(H,37,38). The number of halogens is 1. The van der Waals surface area contributed by atoms with Crippen LogP contribution in [0.4, 0.5) is 10.1 Å². The van der Waals surface area contributed by atoms with Gasteiger partial charge in [0.1, 0.15) is 11.9 Å². The molecule has 6 nitrogen and oxygen atoms in total. The number of hydrogen-bond acceptors (Lipinski definition) is 3. The van der Waals surface area contributed by atoms with E-state index in [0.29, 0.717) is 22.3 Å². The van der Waals surface area contributed by atoms with Crippen molar-refractivity contribution in [3.05, 3.63) is 88.7 Å². The molecule has 198 valence electrons. The average molecular weight is 517 g/mol. The number of anilines is 1. The molecule has 1 aliphatic rings. The number of nitrogens with zero attached hydrogens (tertiary/aromatic N) is 1. The van der Waals surface area contributed by atoms with Crippen LogP contribution in [0, 0.1) is 11.7 Å². The Morgan fingerprint density at radius 2 is 1.68 bits per heavy atom. The van der Waals surface area contributed by atoms with Crippen molar-refractivity contribution in [2.45, 2.75) is 59.0 Å². The highest BCUT2D eigenvalue weighted by molar-refractivity contribution is 6.04. The van der Waals surface area contributed by atoms with Crippen LogP contribution < -0.4 is 5.32 Å². The molecule has 2 amide bonds. The molecule has 0 aromatic heterocycles. The van der Waals surface area contributed by atoms with E-state index in [1.54, 1.807) is 50.2 Å². The Morgan fingerprint density at radius 3 is 2.32 bits per heavy atom. The maximum atomic E-state index is 15.0. The van der Waals surface area contributed by atoms with Crippen LogP contribution in [0.15, 0.2) is 60.7 Å². The van der Waals surface area contributed by atoms with E-state index < -0.39 is 23.7 Å². The van der Waals surface area contributed by atoms with Gasteiger partial charge in [-0.15, -0.1) is 0 Å². The van der Waals surface area contributed by atoms with Crippen molar-refractivity contribution in [3.8, 4) is 11.1 Å². The number of nitrogens with one attached hydrogen (secondary N) is 1. The number of carbonyl (C=O) groups excluding carboxylic acids is 2. The summed E-state index contributed by atoms with van der Waals surface area (Å²) in [6, 6.07) is 16.2. The summed E-state index contributed by atoms with van der Waals surface area (Å²) in [7, 11) is 0. The zero-order valence-electron chi connectivity index (χ0n) is 22.0. The van der Waals surface area contributed by atoms with Gasteiger partial charge in [0.25, 0.3) is 11.8 Å². The lowest BCUT2D eigenvalue weighted by Gasteiger charge is -2.27. The molecular weight excluding hydrogens is 483 g/mol. The molecule has 7 heteroatoms. The van der Waals surface area contributed by atoms with Crippen molar-refractivity contribution >= 4 is 23.5 Å². The molecule has 4 rings (SSSR count). The average Bonchev–Trinajstić information content (AvgIpc) is 3.20. The van der Waals surface area contributed by atoms with Gasteiger partial charge in [-0.25, -0.2) is 9.18 Å². The number of carbonyl (C=O) groups is 3. The number of hydrogen-bond donors (Lipinski definition) is 2. The van der Waals surface area contributed by atoms with Gasteiger partial charge >= 0.3 is 5.97 Å². The SMILES string of the molecule is CCCCCc1ccc(C(=O)Nc2ccc(-c3ccc4c(c3)C(=O)N(C(C(=O)O)C(C)C)C4)cc2F)cc1. The number of fused-ring (bicyclic) bond motifs is 1. The predicted molar refractivity (Wildman–Crippen MR) is 146 cm³/mol. The Bertz CT molecular complexity index is 1350. The molecule has 1 heterocycles. The second-order valence-corrected chi connectivity index (χ2v) is 10.1. The maximum absolute atomic E-state index is 15.0. The van der Waals surface area contributed by atoms with E-state index in [4.69, 9.17) is 0 Å². The minimum Gasteiger partial charge on any atom is -0.480 e. The van der Waals surface area contributed by atoms with E-state index in [-0.39, 0.29) is 24.1 Å². The molecule has 0 saturated heterocycles. The number of unbranched alkanes of at least 4 members (excludes halogenated alkanes) is 2. The number of carboxylic acid groups (broad SMARTS) is 1. The number of carboxylic acids is 1. The van der Waals surface area contributed by atoms with Gasteiger partial charge in [-0.2, -0.15) is 0 Å². The van der Waals surface area contributed by atoms with Crippen LogP contribution in [0.5, 0.6) is 0 Å². The Balaban J connectivity index is 1.47. The molecule has 1 unspecified atom stereocenters. The quantitative estimate of drug-likeness (QED) is 0.300. The van der Waals surface area contributed by atoms with E-state index >= 15 is 0 Å². The van der Waals surface area contributed by atoms with Crippen molar-refractivity contribution in [1.29, 1.82) is 0 Å². The van der Waals surface area contributed by atoms with E-state index in [2.05, 4.69) is 12.2 Å². The van der Waals surface area contributed by atoms with Crippen molar-refractivity contribution in [2.24, 2.45) is 5.92 Å². The first-order valence-corrected chi connectivity index (χ1v) is 13.1. The molecule has 3 aromatic carbocycles. The van der Waals surface area contributed by atoms with Gasteiger partial charge in [0.05, 0.1) is 5.69 Å². The number of rotatable bonds is 10. The topological polar surface area (TPSA) is 86.7 Å². The summed E-state index contributed by atoms with van der Waals surface area (Å²) in [6.45, 7) is 5.92. The van der Waals surface area contributed by atoms with E-state index in [1.165, 1.54) is 29.0 Å². The van der Waals surface area contributed by atoms with Gasteiger partial charge in [-0.1, -0.05) is 63.9 Å². The molecule has 1 atom stereocenters. The third-order valence-corrected chi connectivity index (χ3v) is 7.00. The third-order valence-electron chi connectivity index (χ3n) is 7.00. The first-order chi connectivity index (χ1) is 18.2. The Kier molecular flexibility index (Phi) is 8.25. The van der Waals surface area contributed by atoms with Crippen LogP contribution in [-0.2, 0) is 17.8 Å². The Hall–Kier alpha value is -4.00. The van der Waals surface area contributed by atoms with Crippen molar-refractivity contribution in [2.75, 3.05) is 5.32 Å². The smallest absolute Gasteiger partial charge is 0.326 e. The lowest BCUT2D eigenvalue weighted by Crippen LogP contribution is -2.44. The normalized spacial score (nSPS) is 13.5. The number of benzene rings is 3. The summed E-state index contributed by atoms with van der Waals surface area (Å²) in [5.74, 6) is -2.61. The van der Waals surface area contributed by atoms with Gasteiger partial charge in [-0.3, -0.25) is 9.59 Å². The second kappa shape index (κ2) is 11.6. The van der Waals surface area contributed by atoms with Crippen molar-refractivity contribution in [1.82, 2.24) is 4.90 Å². The monoisotopic (exact) mass is 516 g/mol. The molecule has 0 radical (unpaired) electrons. The Labute approximate surface area is 222 Å². The fraction of sp³-hybridized carbons (Fsp3) is 0.323. The number of aryl methyl sites for hydroxylation is 1. The highest BCUT2D eigenvalue weighted by Gasteiger charge is 2.38. The molecular formula is C31H33FN2O4. The van der Waals surface area contributed by atoms with Gasteiger partial charge in [0, 0.05) is 17.7 Å². The fourth-order valence-electron chi connectivity index (χ4n) is 4.90. The van der Waals surface area contributed by atoms with E-state index in [9.17, 15) is 23.9 Å². The molecule has 2 N–H and O–H groups in total. The molecule has 38 heavy (non-hydrogen) atoms. The second-order valence-electron chi connectivity index (χ2n) is 10.1. The minimum absolute atomic E-state index is 0.0652. The molecule has 0 saturated carbocycles. The first kappa shape index (κ1) is 27.0. The summed E-state index contributed by atoms with van der Waals surface area (Å²) < 4.78 is 15.0. The Morgan fingerprint density at radius 1 is 1.00 bits per heavy atom. The van der Waals surface area contributed by atoms with Crippen LogP contribution in [0.1, 0.15) is 71.9 Å². The van der Waals surface area contributed by atoms with Gasteiger partial charge in [0.2, 0.25) is 0 Å². The van der Waals surface area contributed by atoms with Gasteiger partial charge in [0.15, 0.2) is 0 Å². The zero-order valence-corrected chi connectivity index (χ0v) is 22.0. The number of amides is 2. The van der Waals surface area contributed by atoms with E-state index in [0.717, 1.165) is 24.8 Å². The van der Waals surface area contributed by atoms with Crippen LogP contribution in [0.25, 0.3) is 11.1 Å². The summed E-state index contributed by atoms with van der Waals surface area (Å²) in [5, 5.41) is 12.2. The number of aliphatic carboxylic acids is 1. The van der Waals surface area contributed by atoms with E-state index in [1.807, 2.05) is 12.1 Å². The molecule has 0 spiro atoms. The summed E-state index contributed by atoms with van der Waals surface area (Å²) >= 11 is 0. The van der Waals surface area contributed by atoms with Gasteiger partial charge < -0.3 is 15.3 Å². The summed E-state index contributed by atoms with van der Waals surface area (Å²) in [5.41, 5.74) is 4.03. The molecule has 3 aromatic rings. The lowest BCUT2D eigenvalue weighted by atomic mass is 10.00. The van der Waals surface area contributed by atoms with Crippen molar-refractivity contribution in [3.63, 3.8) is 0 Å². The lowest BCUT2D eigenvalue weighted by molar-refractivity contribution is -0.144. The minimum atomic E-state index is -1.04. The van der Waals surface area contributed by atoms with Gasteiger partial charge in [-0.05, 0) is 71.3 Å². The largest absolute Gasteiger partial charge is 0.480 e. The van der Waals surface area contributed by atoms with Crippen LogP contribution in [-0.4, -0.2) is 33.8 Å². The predicted octanol–water partition coefficient (Wildman–Crippen LogP) is 6.54. The summed E-state index contributed by atoms with van der Waals surface area (Å²) in [6.07, 6.45) is 4.40. The first-order valence-electron chi connectivity index (χ1n) is 13.1.